The van der Waals surface area contributed by atoms with Crippen molar-refractivity contribution in [1.82, 2.24) is 5.32 Å². The molecule has 0 aliphatic carbocycles. The van der Waals surface area contributed by atoms with Crippen LogP contribution >= 0.6 is 23.4 Å². The summed E-state index contributed by atoms with van der Waals surface area (Å²) in [5.74, 6) is 0.823. The normalized spacial score (nSPS) is 16.8. The maximum absolute atomic E-state index is 10.9. The van der Waals surface area contributed by atoms with Gasteiger partial charge in [0.15, 0.2) is 0 Å². The number of halogens is 1. The van der Waals surface area contributed by atoms with Crippen LogP contribution in [0.5, 0.6) is 0 Å². The molecule has 3 N–H and O–H groups in total. The first kappa shape index (κ1) is 15.8. The summed E-state index contributed by atoms with van der Waals surface area (Å²) in [4.78, 5) is 1.10. The van der Waals surface area contributed by atoms with Crippen molar-refractivity contribution >= 4 is 23.4 Å². The van der Waals surface area contributed by atoms with Crippen molar-refractivity contribution in [3.63, 3.8) is 0 Å². The van der Waals surface area contributed by atoms with Crippen LogP contribution in [0.1, 0.15) is 28.4 Å². The Bertz CT molecular complexity index is 678. The molecule has 3 rings (SSSR count). The van der Waals surface area contributed by atoms with Crippen molar-refractivity contribution < 1.29 is 10.2 Å². The zero-order chi connectivity index (χ0) is 15.5. The lowest BCUT2D eigenvalue weighted by atomic mass is 9.94. The van der Waals surface area contributed by atoms with Crippen LogP contribution in [0.2, 0.25) is 5.02 Å². The highest BCUT2D eigenvalue weighted by Gasteiger charge is 2.24. The molecule has 1 atom stereocenters. The van der Waals surface area contributed by atoms with E-state index in [9.17, 15) is 5.11 Å². The van der Waals surface area contributed by atoms with Crippen LogP contribution in [0.3, 0.4) is 0 Å². The molecule has 22 heavy (non-hydrogen) atoms. The molecule has 0 amide bonds. The van der Waals surface area contributed by atoms with Crippen LogP contribution in [0.4, 0.5) is 0 Å². The highest BCUT2D eigenvalue weighted by molar-refractivity contribution is 7.98. The predicted octanol–water partition coefficient (Wildman–Crippen LogP) is 3.11. The molecule has 1 unspecified atom stereocenters. The van der Waals surface area contributed by atoms with Crippen LogP contribution in [0.25, 0.3) is 0 Å². The summed E-state index contributed by atoms with van der Waals surface area (Å²) >= 11 is 7.84. The van der Waals surface area contributed by atoms with Gasteiger partial charge in [-0.15, -0.1) is 11.8 Å². The van der Waals surface area contributed by atoms with Crippen LogP contribution in [-0.2, 0) is 12.3 Å². The molecule has 116 valence electrons. The summed E-state index contributed by atoms with van der Waals surface area (Å²) in [6.07, 6.45) is -0.675. The molecule has 1 aliphatic heterocycles. The Hall–Kier alpha value is -1.04. The molecule has 2 aromatic rings. The topological polar surface area (TPSA) is 52.5 Å². The minimum absolute atomic E-state index is 0.102. The number of fused-ring (bicyclic) bond motifs is 2. The number of nitrogens with one attached hydrogen (secondary N) is 1. The fourth-order valence-corrected chi connectivity index (χ4v) is 4.07. The molecule has 1 aliphatic rings. The Labute approximate surface area is 139 Å². The van der Waals surface area contributed by atoms with Crippen molar-refractivity contribution in [1.29, 1.82) is 0 Å². The van der Waals surface area contributed by atoms with E-state index in [0.717, 1.165) is 32.9 Å². The van der Waals surface area contributed by atoms with Crippen molar-refractivity contribution in [3.8, 4) is 0 Å². The summed E-state index contributed by atoms with van der Waals surface area (Å²) in [7, 11) is 0. The maximum atomic E-state index is 10.9. The minimum Gasteiger partial charge on any atom is -0.395 e. The smallest absolute Gasteiger partial charge is 0.106 e. The van der Waals surface area contributed by atoms with Gasteiger partial charge in [-0.05, 0) is 34.9 Å². The standard InChI is InChI=1S/C17H18ClNO2S/c18-13-5-4-12-10-22-15-3-1-2-11(9-19-6-7-20)16(15)17(21)14(12)8-13/h1-5,8,17,19-21H,6-7,9-10H2. The highest BCUT2D eigenvalue weighted by Crippen LogP contribution is 2.41. The van der Waals surface area contributed by atoms with Gasteiger partial charge in [0.2, 0.25) is 0 Å². The zero-order valence-electron chi connectivity index (χ0n) is 12.1. The Morgan fingerprint density at radius 2 is 2.14 bits per heavy atom. The van der Waals surface area contributed by atoms with Gasteiger partial charge in [0.05, 0.1) is 6.61 Å². The molecule has 3 nitrogen and oxygen atoms in total. The number of thioether (sulfide) groups is 1. The molecule has 0 spiro atoms. The van der Waals surface area contributed by atoms with Gasteiger partial charge >= 0.3 is 0 Å². The van der Waals surface area contributed by atoms with E-state index in [1.54, 1.807) is 11.8 Å². The monoisotopic (exact) mass is 335 g/mol. The quantitative estimate of drug-likeness (QED) is 0.751. The van der Waals surface area contributed by atoms with Crippen molar-refractivity contribution in [2.45, 2.75) is 23.3 Å². The van der Waals surface area contributed by atoms with Gasteiger partial charge in [0.1, 0.15) is 6.10 Å². The van der Waals surface area contributed by atoms with Crippen LogP contribution in [0.15, 0.2) is 41.3 Å². The molecule has 0 saturated carbocycles. The van der Waals surface area contributed by atoms with Crippen molar-refractivity contribution in [2.24, 2.45) is 0 Å². The van der Waals surface area contributed by atoms with Gasteiger partial charge in [-0.1, -0.05) is 29.8 Å². The molecular weight excluding hydrogens is 318 g/mol. The SMILES string of the molecule is OCCNCc1cccc2c1C(O)c1cc(Cl)ccc1CS2. The molecular formula is C17H18ClNO2S. The predicted molar refractivity (Wildman–Crippen MR) is 90.3 cm³/mol. The van der Waals surface area contributed by atoms with Crippen molar-refractivity contribution in [2.75, 3.05) is 13.2 Å². The Morgan fingerprint density at radius 3 is 2.95 bits per heavy atom. The number of aliphatic hydroxyl groups excluding tert-OH is 2. The third kappa shape index (κ3) is 3.16. The van der Waals surface area contributed by atoms with Gasteiger partial charge in [0, 0.05) is 34.3 Å². The Morgan fingerprint density at radius 1 is 1.27 bits per heavy atom. The van der Waals surface area contributed by atoms with E-state index >= 15 is 0 Å². The van der Waals surface area contributed by atoms with E-state index < -0.39 is 6.10 Å². The average Bonchev–Trinajstić information content (AvgIpc) is 2.66. The fraction of sp³-hybridized carbons (Fsp3) is 0.294. The fourth-order valence-electron chi connectivity index (χ4n) is 2.74. The minimum atomic E-state index is -0.675. The molecule has 0 aromatic heterocycles. The first-order chi connectivity index (χ1) is 10.7. The van der Waals surface area contributed by atoms with Crippen LogP contribution in [-0.4, -0.2) is 23.4 Å². The molecule has 1 heterocycles. The molecule has 0 saturated heterocycles. The van der Waals surface area contributed by atoms with Crippen molar-refractivity contribution in [3.05, 3.63) is 63.7 Å². The van der Waals surface area contributed by atoms with Gasteiger partial charge in [-0.25, -0.2) is 0 Å². The first-order valence-corrected chi connectivity index (χ1v) is 8.59. The lowest BCUT2D eigenvalue weighted by Gasteiger charge is -2.18. The zero-order valence-corrected chi connectivity index (χ0v) is 13.6. The third-order valence-electron chi connectivity index (χ3n) is 3.82. The Balaban J connectivity index is 2.02. The summed E-state index contributed by atoms with van der Waals surface area (Å²) < 4.78 is 0. The van der Waals surface area contributed by atoms with Gasteiger partial charge in [-0.2, -0.15) is 0 Å². The summed E-state index contributed by atoms with van der Waals surface area (Å²) in [5.41, 5.74) is 4.00. The van der Waals surface area contributed by atoms with E-state index in [2.05, 4.69) is 5.32 Å². The number of aliphatic hydroxyl groups is 2. The average molecular weight is 336 g/mol. The summed E-state index contributed by atoms with van der Waals surface area (Å²) in [6.45, 7) is 1.26. The second kappa shape index (κ2) is 7.02. The largest absolute Gasteiger partial charge is 0.395 e. The van der Waals surface area contributed by atoms with E-state index in [0.29, 0.717) is 18.1 Å². The molecule has 0 bridgehead atoms. The van der Waals surface area contributed by atoms with E-state index in [1.807, 2.05) is 36.4 Å². The maximum Gasteiger partial charge on any atom is 0.106 e. The van der Waals surface area contributed by atoms with E-state index in [4.69, 9.17) is 16.7 Å². The highest BCUT2D eigenvalue weighted by atomic mass is 35.5. The van der Waals surface area contributed by atoms with E-state index in [1.165, 1.54) is 0 Å². The lowest BCUT2D eigenvalue weighted by molar-refractivity contribution is 0.215. The molecule has 2 aromatic carbocycles. The van der Waals surface area contributed by atoms with Crippen LogP contribution < -0.4 is 5.32 Å². The number of hydrogen-bond donors (Lipinski definition) is 3. The van der Waals surface area contributed by atoms with E-state index in [-0.39, 0.29) is 6.61 Å². The summed E-state index contributed by atoms with van der Waals surface area (Å²) in [5, 5.41) is 23.6. The number of rotatable bonds is 4. The van der Waals surface area contributed by atoms with Gasteiger partial charge in [-0.3, -0.25) is 0 Å². The Kier molecular flexibility index (Phi) is 5.06. The second-order valence-corrected chi connectivity index (χ2v) is 6.72. The molecule has 0 fully saturated rings. The van der Waals surface area contributed by atoms with Gasteiger partial charge in [0.25, 0.3) is 0 Å². The third-order valence-corrected chi connectivity index (χ3v) is 5.18. The number of hydrogen-bond acceptors (Lipinski definition) is 4. The van der Waals surface area contributed by atoms with Gasteiger partial charge < -0.3 is 15.5 Å². The van der Waals surface area contributed by atoms with Crippen LogP contribution in [0, 0.1) is 0 Å². The summed E-state index contributed by atoms with van der Waals surface area (Å²) in [6, 6.07) is 11.8. The first-order valence-electron chi connectivity index (χ1n) is 7.23. The molecule has 5 heteroatoms. The second-order valence-electron chi connectivity index (χ2n) is 5.26. The molecule has 0 radical (unpaired) electrons. The number of benzene rings is 2. The lowest BCUT2D eigenvalue weighted by Crippen LogP contribution is -2.19.